The van der Waals surface area contributed by atoms with Gasteiger partial charge in [-0.25, -0.2) is 13.9 Å². The largest absolute Gasteiger partial charge is 0.494 e. The molecule has 0 bridgehead atoms. The van der Waals surface area contributed by atoms with Crippen molar-refractivity contribution in [3.63, 3.8) is 0 Å². The van der Waals surface area contributed by atoms with Crippen molar-refractivity contribution in [2.45, 2.75) is 31.5 Å². The van der Waals surface area contributed by atoms with Crippen LogP contribution >= 0.6 is 23.2 Å². The van der Waals surface area contributed by atoms with E-state index in [9.17, 15) is 14.7 Å². The lowest BCUT2D eigenvalue weighted by atomic mass is 9.83. The number of fused-ring (bicyclic) bond motifs is 6. The average Bonchev–Trinajstić information content (AvgIpc) is 3.40. The van der Waals surface area contributed by atoms with Crippen LogP contribution in [0.25, 0.3) is 10.9 Å². The lowest BCUT2D eigenvalue weighted by Gasteiger charge is -2.46. The maximum Gasteiger partial charge on any atom is 0.335 e. The van der Waals surface area contributed by atoms with Crippen LogP contribution in [0.2, 0.25) is 10.0 Å². The minimum Gasteiger partial charge on any atom is -0.494 e. The molecule has 0 aliphatic carbocycles. The summed E-state index contributed by atoms with van der Waals surface area (Å²) in [5, 5.41) is 18.3. The summed E-state index contributed by atoms with van der Waals surface area (Å²) in [6.45, 7) is 2.88. The first-order chi connectivity index (χ1) is 22.2. The van der Waals surface area contributed by atoms with Gasteiger partial charge in [0.1, 0.15) is 18.2 Å². The van der Waals surface area contributed by atoms with Crippen LogP contribution in [0, 0.1) is 5.82 Å². The van der Waals surface area contributed by atoms with Crippen LogP contribution in [0.1, 0.15) is 40.4 Å². The van der Waals surface area contributed by atoms with Gasteiger partial charge in [-0.15, -0.1) is 0 Å². The molecule has 0 saturated carbocycles. The van der Waals surface area contributed by atoms with Crippen LogP contribution in [0.15, 0.2) is 78.9 Å². The number of nitrogens with one attached hydrogen (secondary N) is 1. The number of carbonyl (C=O) groups is 2. The lowest BCUT2D eigenvalue weighted by molar-refractivity contribution is -0.119. The van der Waals surface area contributed by atoms with Gasteiger partial charge in [0.05, 0.1) is 57.5 Å². The van der Waals surface area contributed by atoms with Crippen molar-refractivity contribution in [3.05, 3.63) is 111 Å². The average molecular weight is 662 g/mol. The summed E-state index contributed by atoms with van der Waals surface area (Å²) in [5.74, 6) is -2.39. The zero-order chi connectivity index (χ0) is 32.1. The summed E-state index contributed by atoms with van der Waals surface area (Å²) in [6, 6.07) is 20.7. The van der Waals surface area contributed by atoms with Crippen molar-refractivity contribution in [1.82, 2.24) is 9.78 Å². The molecule has 4 aromatic carbocycles. The van der Waals surface area contributed by atoms with Gasteiger partial charge in [0.2, 0.25) is 11.8 Å². The van der Waals surface area contributed by atoms with Crippen LogP contribution in [-0.2, 0) is 11.3 Å². The Morgan fingerprint density at radius 2 is 1.93 bits per heavy atom. The van der Waals surface area contributed by atoms with Crippen LogP contribution in [0.5, 0.6) is 11.6 Å². The number of aromatic carboxylic acids is 1. The predicted molar refractivity (Wildman–Crippen MR) is 173 cm³/mol. The molecular weight excluding hydrogens is 634 g/mol. The minimum atomic E-state index is -1.14. The van der Waals surface area contributed by atoms with Crippen LogP contribution in [0.3, 0.4) is 0 Å². The first-order valence-electron chi connectivity index (χ1n) is 14.6. The molecule has 1 aromatic heterocycles. The molecule has 2 aliphatic heterocycles. The Hall–Kier alpha value is -4.80. The summed E-state index contributed by atoms with van der Waals surface area (Å²) in [7, 11) is 0. The number of benzene rings is 4. The molecule has 12 heteroatoms. The number of ether oxygens (including phenoxy) is 2. The Labute approximate surface area is 273 Å². The van der Waals surface area contributed by atoms with Gasteiger partial charge in [-0.2, -0.15) is 5.10 Å². The van der Waals surface area contributed by atoms with Gasteiger partial charge >= 0.3 is 5.97 Å². The molecule has 5 aromatic rings. The van der Waals surface area contributed by atoms with Gasteiger partial charge in [-0.1, -0.05) is 47.5 Å². The molecule has 7 rings (SSSR count). The molecule has 0 spiro atoms. The number of aromatic nitrogens is 2. The van der Waals surface area contributed by atoms with Crippen molar-refractivity contribution in [3.8, 4) is 11.6 Å². The molecule has 0 fully saturated rings. The first-order valence-corrected chi connectivity index (χ1v) is 15.4. The Bertz CT molecular complexity index is 2020. The van der Waals surface area contributed by atoms with Crippen molar-refractivity contribution in [2.24, 2.45) is 0 Å². The number of nitrogens with zero attached hydrogens (tertiary/aromatic N) is 3. The van der Waals surface area contributed by atoms with Gasteiger partial charge in [-0.05, 0) is 67.1 Å². The SMILES string of the molecule is CCOc1cccc(CN2c3ccc(Cl)cc3NC(=O)[C@H](c3cccc(Cl)c3F)[C@@H]3[C@H]2COc2c4ccc(C(=O)O)cc4nn23)c1. The summed E-state index contributed by atoms with van der Waals surface area (Å²) in [5.41, 5.74) is 2.55. The molecule has 3 atom stereocenters. The summed E-state index contributed by atoms with van der Waals surface area (Å²) in [6.07, 6.45) is 0. The molecule has 46 heavy (non-hydrogen) atoms. The third-order valence-electron chi connectivity index (χ3n) is 8.40. The highest BCUT2D eigenvalue weighted by Gasteiger charge is 2.48. The van der Waals surface area contributed by atoms with E-state index in [1.54, 1.807) is 35.0 Å². The smallest absolute Gasteiger partial charge is 0.335 e. The van der Waals surface area contributed by atoms with E-state index in [0.717, 1.165) is 5.56 Å². The highest BCUT2D eigenvalue weighted by Crippen LogP contribution is 2.48. The summed E-state index contributed by atoms with van der Waals surface area (Å²) >= 11 is 12.7. The predicted octanol–water partition coefficient (Wildman–Crippen LogP) is 7.32. The molecule has 234 valence electrons. The molecule has 2 aliphatic rings. The molecule has 1 amide bonds. The van der Waals surface area contributed by atoms with E-state index >= 15 is 4.39 Å². The fourth-order valence-electron chi connectivity index (χ4n) is 6.41. The standard InChI is InChI=1S/C34H27Cl2FN4O5/c1-2-45-21-6-3-5-18(13-21)16-40-27-12-10-20(35)15-26(27)38-32(42)29(23-7-4-8-24(36)30(23)37)31-28(40)17-46-33-22-11-9-19(34(43)44)14-25(22)39-41(31)33/h3-15,28-29,31H,2,16-17H2,1H3,(H,38,42)(H,43,44)/t28-,29-,31+/m1/s1. The van der Waals surface area contributed by atoms with Crippen molar-refractivity contribution < 1.29 is 28.6 Å². The number of hydrogen-bond donors (Lipinski definition) is 2. The second kappa shape index (κ2) is 11.9. The molecule has 0 unspecified atom stereocenters. The quantitative estimate of drug-likeness (QED) is 0.196. The fraction of sp³-hybridized carbons (Fsp3) is 0.206. The second-order valence-corrected chi connectivity index (χ2v) is 12.0. The number of rotatable bonds is 6. The van der Waals surface area contributed by atoms with E-state index in [1.165, 1.54) is 18.2 Å². The van der Waals surface area contributed by atoms with Crippen molar-refractivity contribution in [1.29, 1.82) is 0 Å². The highest BCUT2D eigenvalue weighted by atomic mass is 35.5. The van der Waals surface area contributed by atoms with E-state index in [0.29, 0.717) is 52.1 Å². The molecule has 3 heterocycles. The number of amides is 1. The zero-order valence-corrected chi connectivity index (χ0v) is 25.9. The number of halogens is 3. The van der Waals surface area contributed by atoms with E-state index in [-0.39, 0.29) is 22.8 Å². The molecule has 9 nitrogen and oxygen atoms in total. The minimum absolute atomic E-state index is 0.0500. The topological polar surface area (TPSA) is 106 Å². The van der Waals surface area contributed by atoms with E-state index in [1.807, 2.05) is 37.3 Å². The van der Waals surface area contributed by atoms with Crippen molar-refractivity contribution >= 4 is 57.4 Å². The molecule has 0 radical (unpaired) electrons. The molecule has 0 saturated heterocycles. The molecular formula is C34H27Cl2FN4O5. The Kier molecular flexibility index (Phi) is 7.70. The fourth-order valence-corrected chi connectivity index (χ4v) is 6.76. The van der Waals surface area contributed by atoms with E-state index in [4.69, 9.17) is 37.8 Å². The van der Waals surface area contributed by atoms with Crippen LogP contribution in [0.4, 0.5) is 15.8 Å². The Balaban J connectivity index is 1.47. The van der Waals surface area contributed by atoms with Crippen LogP contribution < -0.4 is 19.7 Å². The number of carboxylic acid groups (broad SMARTS) is 1. The molecule has 2 N–H and O–H groups in total. The zero-order valence-electron chi connectivity index (χ0n) is 24.4. The second-order valence-electron chi connectivity index (χ2n) is 11.1. The third kappa shape index (κ3) is 5.17. The third-order valence-corrected chi connectivity index (χ3v) is 8.92. The summed E-state index contributed by atoms with van der Waals surface area (Å²) < 4.78 is 29.7. The maximum atomic E-state index is 15.9. The van der Waals surface area contributed by atoms with Gasteiger partial charge in [0, 0.05) is 17.1 Å². The number of carboxylic acids is 1. The van der Waals surface area contributed by atoms with Gasteiger partial charge in [-0.3, -0.25) is 4.79 Å². The Morgan fingerprint density at radius 1 is 1.11 bits per heavy atom. The number of carbonyl (C=O) groups excluding carboxylic acids is 1. The first kappa shape index (κ1) is 29.9. The number of anilines is 2. The van der Waals surface area contributed by atoms with Gasteiger partial charge in [0.25, 0.3) is 0 Å². The van der Waals surface area contributed by atoms with Gasteiger partial charge in [0.15, 0.2) is 0 Å². The monoisotopic (exact) mass is 660 g/mol. The van der Waals surface area contributed by atoms with Gasteiger partial charge < -0.3 is 24.8 Å². The Morgan fingerprint density at radius 3 is 2.74 bits per heavy atom. The van der Waals surface area contributed by atoms with E-state index in [2.05, 4.69) is 10.2 Å². The summed E-state index contributed by atoms with van der Waals surface area (Å²) in [4.78, 5) is 28.2. The maximum absolute atomic E-state index is 15.9. The van der Waals surface area contributed by atoms with E-state index < -0.39 is 35.7 Å². The lowest BCUT2D eigenvalue weighted by Crippen LogP contribution is -2.53. The van der Waals surface area contributed by atoms with Crippen LogP contribution in [-0.4, -0.2) is 46.0 Å². The number of hydrogen-bond acceptors (Lipinski definition) is 6. The van der Waals surface area contributed by atoms with Crippen molar-refractivity contribution in [2.75, 3.05) is 23.4 Å². The normalized spacial score (nSPS) is 18.8. The highest BCUT2D eigenvalue weighted by molar-refractivity contribution is 6.31.